The monoisotopic (exact) mass is 376 g/mol. The minimum atomic E-state index is -0.710. The molecule has 2 N–H and O–H groups in total. The molecule has 1 saturated heterocycles. The van der Waals surface area contributed by atoms with Crippen molar-refractivity contribution in [3.05, 3.63) is 47.1 Å². The Morgan fingerprint density at radius 3 is 2.46 bits per heavy atom. The van der Waals surface area contributed by atoms with E-state index in [2.05, 4.69) is 17.2 Å². The normalized spacial score (nSPS) is 24.8. The smallest absolute Gasteiger partial charge is 0.319 e. The molecular weight excluding hydrogens is 352 g/mol. The van der Waals surface area contributed by atoms with E-state index in [1.54, 1.807) is 6.07 Å². The van der Waals surface area contributed by atoms with Crippen molar-refractivity contribution in [1.82, 2.24) is 10.6 Å². The third kappa shape index (κ3) is 4.39. The Balaban J connectivity index is 1.79. The van der Waals surface area contributed by atoms with Crippen LogP contribution in [0.1, 0.15) is 56.6 Å². The fourth-order valence-corrected chi connectivity index (χ4v) is 3.98. The van der Waals surface area contributed by atoms with Gasteiger partial charge in [-0.05, 0) is 37.3 Å². The number of nitrogens with one attached hydrogen (secondary N) is 2. The zero-order valence-electron chi connectivity index (χ0n) is 14.8. The Bertz CT molecular complexity index is 683. The first-order chi connectivity index (χ1) is 12.6. The van der Waals surface area contributed by atoms with Crippen LogP contribution in [0, 0.1) is 5.92 Å². The largest absolute Gasteiger partial charge is 0.462 e. The molecule has 2 amide bonds. The molecule has 1 aromatic rings. The van der Waals surface area contributed by atoms with Crippen molar-refractivity contribution >= 4 is 23.6 Å². The van der Waals surface area contributed by atoms with Gasteiger partial charge in [0.1, 0.15) is 12.0 Å². The van der Waals surface area contributed by atoms with E-state index in [1.165, 1.54) is 19.3 Å². The number of ether oxygens (including phenoxy) is 1. The molecule has 0 spiro atoms. The van der Waals surface area contributed by atoms with Gasteiger partial charge in [0.05, 0.1) is 6.04 Å². The number of amides is 2. The van der Waals surface area contributed by atoms with Gasteiger partial charge >= 0.3 is 12.0 Å². The van der Waals surface area contributed by atoms with E-state index in [0.717, 1.165) is 25.7 Å². The molecule has 2 atom stereocenters. The lowest BCUT2D eigenvalue weighted by atomic mass is 9.89. The third-order valence-electron chi connectivity index (χ3n) is 5.10. The molecule has 140 valence electrons. The van der Waals surface area contributed by atoms with Gasteiger partial charge in [0, 0.05) is 10.7 Å². The second-order valence-corrected chi connectivity index (χ2v) is 7.41. The van der Waals surface area contributed by atoms with Crippen LogP contribution in [0.4, 0.5) is 4.79 Å². The zero-order chi connectivity index (χ0) is 18.5. The molecular formula is C20H25ClN2O3. The number of halogens is 1. The van der Waals surface area contributed by atoms with E-state index in [0.29, 0.717) is 16.3 Å². The molecule has 6 heteroatoms. The van der Waals surface area contributed by atoms with E-state index in [9.17, 15) is 9.59 Å². The van der Waals surface area contributed by atoms with Crippen LogP contribution in [0.5, 0.6) is 0 Å². The first-order valence-corrected chi connectivity index (χ1v) is 9.65. The van der Waals surface area contributed by atoms with Crippen LogP contribution in [0.3, 0.4) is 0 Å². The predicted molar refractivity (Wildman–Crippen MR) is 101 cm³/mol. The summed E-state index contributed by atoms with van der Waals surface area (Å²) in [6.07, 6.45) is 7.49. The number of hydrogen-bond acceptors (Lipinski definition) is 3. The standard InChI is InChI=1S/C20H25ClN2O3/c1-13-17(19(24)26-14-9-5-3-2-4-6-10-14)18(23-20(25)22-13)15-11-7-8-12-16(15)21/h7-8,11-12,14,17-18H,1-6,9-10H2,(H2,22,23,25). The molecule has 1 aliphatic carbocycles. The van der Waals surface area contributed by atoms with Gasteiger partial charge in [-0.3, -0.25) is 4.79 Å². The zero-order valence-corrected chi connectivity index (χ0v) is 15.6. The van der Waals surface area contributed by atoms with E-state index >= 15 is 0 Å². The SMILES string of the molecule is C=C1NC(=O)NC(c2ccccc2Cl)C1C(=O)OC1CCCCCCC1. The van der Waals surface area contributed by atoms with Crippen LogP contribution in [0.2, 0.25) is 5.02 Å². The summed E-state index contributed by atoms with van der Waals surface area (Å²) in [5.74, 6) is -1.07. The number of benzene rings is 1. The first-order valence-electron chi connectivity index (χ1n) is 9.27. The molecule has 1 heterocycles. The summed E-state index contributed by atoms with van der Waals surface area (Å²) in [5, 5.41) is 5.90. The number of esters is 1. The van der Waals surface area contributed by atoms with Gasteiger partial charge < -0.3 is 15.4 Å². The highest BCUT2D eigenvalue weighted by Crippen LogP contribution is 2.34. The summed E-state index contributed by atoms with van der Waals surface area (Å²) in [6.45, 7) is 3.88. The summed E-state index contributed by atoms with van der Waals surface area (Å²) in [4.78, 5) is 24.9. The molecule has 3 rings (SSSR count). The summed E-state index contributed by atoms with van der Waals surface area (Å²) in [7, 11) is 0. The van der Waals surface area contributed by atoms with Crippen LogP contribution < -0.4 is 10.6 Å². The van der Waals surface area contributed by atoms with Gasteiger partial charge in [-0.15, -0.1) is 0 Å². The van der Waals surface area contributed by atoms with Crippen molar-refractivity contribution in [3.8, 4) is 0 Å². The van der Waals surface area contributed by atoms with Crippen LogP contribution in [0.25, 0.3) is 0 Å². The fourth-order valence-electron chi connectivity index (χ4n) is 3.72. The molecule has 1 aromatic carbocycles. The quantitative estimate of drug-likeness (QED) is 0.764. The highest BCUT2D eigenvalue weighted by Gasteiger charge is 2.40. The van der Waals surface area contributed by atoms with Crippen LogP contribution in [0.15, 0.2) is 36.5 Å². The number of urea groups is 1. The molecule has 1 saturated carbocycles. The van der Waals surface area contributed by atoms with Crippen LogP contribution in [-0.4, -0.2) is 18.1 Å². The lowest BCUT2D eigenvalue weighted by Gasteiger charge is -2.34. The van der Waals surface area contributed by atoms with E-state index in [4.69, 9.17) is 16.3 Å². The summed E-state index contributed by atoms with van der Waals surface area (Å²) in [6, 6.07) is 6.20. The van der Waals surface area contributed by atoms with Gasteiger partial charge in [-0.2, -0.15) is 0 Å². The van der Waals surface area contributed by atoms with Crippen molar-refractivity contribution in [2.24, 2.45) is 5.92 Å². The van der Waals surface area contributed by atoms with Gasteiger partial charge in [0.25, 0.3) is 0 Å². The first kappa shape index (κ1) is 18.8. The van der Waals surface area contributed by atoms with Gasteiger partial charge in [-0.25, -0.2) is 4.79 Å². The maximum atomic E-state index is 13.0. The topological polar surface area (TPSA) is 67.4 Å². The molecule has 2 fully saturated rings. The molecule has 5 nitrogen and oxygen atoms in total. The van der Waals surface area contributed by atoms with Crippen molar-refractivity contribution in [3.63, 3.8) is 0 Å². The highest BCUT2D eigenvalue weighted by atomic mass is 35.5. The molecule has 0 bridgehead atoms. The molecule has 0 aromatic heterocycles. The van der Waals surface area contributed by atoms with Crippen molar-refractivity contribution < 1.29 is 14.3 Å². The molecule has 26 heavy (non-hydrogen) atoms. The second kappa shape index (κ2) is 8.58. The fraction of sp³-hybridized carbons (Fsp3) is 0.500. The molecule has 2 unspecified atom stereocenters. The lowest BCUT2D eigenvalue weighted by Crippen LogP contribution is -2.51. The van der Waals surface area contributed by atoms with Crippen LogP contribution in [-0.2, 0) is 9.53 Å². The molecule has 2 aliphatic rings. The average Bonchev–Trinajstić information content (AvgIpc) is 2.56. The summed E-state index contributed by atoms with van der Waals surface area (Å²) in [5.41, 5.74) is 1.03. The average molecular weight is 377 g/mol. The third-order valence-corrected chi connectivity index (χ3v) is 5.44. The summed E-state index contributed by atoms with van der Waals surface area (Å²) < 4.78 is 5.83. The number of carbonyl (C=O) groups excluding carboxylic acids is 2. The van der Waals surface area contributed by atoms with Crippen molar-refractivity contribution in [2.75, 3.05) is 0 Å². The Hall–Kier alpha value is -2.01. The Morgan fingerprint density at radius 1 is 1.12 bits per heavy atom. The van der Waals surface area contributed by atoms with Crippen molar-refractivity contribution in [2.45, 2.75) is 57.1 Å². The Labute approximate surface area is 159 Å². The Kier molecular flexibility index (Phi) is 6.20. The van der Waals surface area contributed by atoms with Gasteiger partial charge in [0.2, 0.25) is 0 Å². The number of rotatable bonds is 3. The van der Waals surface area contributed by atoms with Crippen molar-refractivity contribution in [1.29, 1.82) is 0 Å². The minimum Gasteiger partial charge on any atom is -0.462 e. The predicted octanol–water partition coefficient (Wildman–Crippen LogP) is 4.48. The lowest BCUT2D eigenvalue weighted by molar-refractivity contribution is -0.155. The maximum absolute atomic E-state index is 13.0. The highest BCUT2D eigenvalue weighted by molar-refractivity contribution is 6.31. The Morgan fingerprint density at radius 2 is 1.77 bits per heavy atom. The van der Waals surface area contributed by atoms with Crippen LogP contribution >= 0.6 is 11.6 Å². The van der Waals surface area contributed by atoms with Gasteiger partial charge in [0.15, 0.2) is 0 Å². The molecule has 1 aliphatic heterocycles. The minimum absolute atomic E-state index is 0.0693. The number of hydrogen-bond donors (Lipinski definition) is 2. The van der Waals surface area contributed by atoms with E-state index in [1.807, 2.05) is 18.2 Å². The second-order valence-electron chi connectivity index (χ2n) is 7.00. The maximum Gasteiger partial charge on any atom is 0.319 e. The number of carbonyl (C=O) groups is 2. The summed E-state index contributed by atoms with van der Waals surface area (Å²) >= 11 is 6.30. The van der Waals surface area contributed by atoms with E-state index < -0.39 is 18.0 Å². The van der Waals surface area contributed by atoms with E-state index in [-0.39, 0.29) is 12.1 Å². The molecule has 0 radical (unpaired) electrons. The van der Waals surface area contributed by atoms with Gasteiger partial charge in [-0.1, -0.05) is 55.6 Å².